The number of carboxylic acids is 1. The van der Waals surface area contributed by atoms with Gasteiger partial charge < -0.3 is 9.63 Å². The summed E-state index contributed by atoms with van der Waals surface area (Å²) in [5.74, 6) is 0.147. The molecule has 0 aromatic carbocycles. The van der Waals surface area contributed by atoms with Crippen molar-refractivity contribution in [2.45, 2.75) is 24.5 Å². The van der Waals surface area contributed by atoms with Gasteiger partial charge in [-0.25, -0.2) is 4.79 Å². The molecule has 1 aromatic rings. The average molecular weight is 214 g/mol. The maximum absolute atomic E-state index is 10.5. The van der Waals surface area contributed by atoms with Gasteiger partial charge in [0, 0.05) is 0 Å². The summed E-state index contributed by atoms with van der Waals surface area (Å²) in [6, 6.07) is 0. The quantitative estimate of drug-likeness (QED) is 0.807. The zero-order valence-corrected chi connectivity index (χ0v) is 8.29. The van der Waals surface area contributed by atoms with E-state index in [-0.39, 0.29) is 11.1 Å². The minimum absolute atomic E-state index is 0.185. The molecule has 6 heteroatoms. The van der Waals surface area contributed by atoms with Gasteiger partial charge in [0.15, 0.2) is 0 Å². The van der Waals surface area contributed by atoms with Gasteiger partial charge in [-0.1, -0.05) is 6.42 Å². The van der Waals surface area contributed by atoms with E-state index in [1.807, 2.05) is 0 Å². The molecule has 0 saturated carbocycles. The first kappa shape index (κ1) is 9.51. The van der Waals surface area contributed by atoms with E-state index in [0.29, 0.717) is 5.89 Å². The molecule has 1 atom stereocenters. The van der Waals surface area contributed by atoms with Crippen LogP contribution in [0.25, 0.3) is 0 Å². The molecular formula is C8H10N2O3S. The van der Waals surface area contributed by atoms with Crippen LogP contribution in [0.15, 0.2) is 4.52 Å². The molecule has 1 fully saturated rings. The van der Waals surface area contributed by atoms with Crippen molar-refractivity contribution in [3.63, 3.8) is 0 Å². The molecular weight excluding hydrogens is 204 g/mol. The Bertz CT molecular complexity index is 333. The molecule has 2 heterocycles. The van der Waals surface area contributed by atoms with Gasteiger partial charge in [0.05, 0.1) is 5.25 Å². The van der Waals surface area contributed by atoms with Crippen LogP contribution in [0.5, 0.6) is 0 Å². The first-order valence-electron chi connectivity index (χ1n) is 4.46. The number of aromatic carboxylic acids is 1. The summed E-state index contributed by atoms with van der Waals surface area (Å²) < 4.78 is 4.90. The molecule has 76 valence electrons. The van der Waals surface area contributed by atoms with Gasteiger partial charge in [0.25, 0.3) is 5.82 Å². The monoisotopic (exact) mass is 214 g/mol. The van der Waals surface area contributed by atoms with Crippen LogP contribution in [0.2, 0.25) is 0 Å². The Morgan fingerprint density at radius 3 is 3.00 bits per heavy atom. The molecule has 0 radical (unpaired) electrons. The Balaban J connectivity index is 2.11. The Labute approximate surface area is 84.9 Å². The third-order valence-electron chi connectivity index (χ3n) is 2.09. The smallest absolute Gasteiger partial charge is 0.377 e. The third-order valence-corrected chi connectivity index (χ3v) is 3.45. The summed E-state index contributed by atoms with van der Waals surface area (Å²) in [5.41, 5.74) is 0. The zero-order valence-electron chi connectivity index (χ0n) is 7.47. The average Bonchev–Trinajstić information content (AvgIpc) is 2.68. The molecule has 5 nitrogen and oxygen atoms in total. The van der Waals surface area contributed by atoms with Gasteiger partial charge in [-0.2, -0.15) is 4.98 Å². The Hall–Kier alpha value is -1.04. The number of thioether (sulfide) groups is 1. The molecule has 0 bridgehead atoms. The lowest BCUT2D eigenvalue weighted by molar-refractivity contribution is 0.0680. The largest absolute Gasteiger partial charge is 0.475 e. The normalized spacial score (nSPS) is 22.1. The first-order chi connectivity index (χ1) is 6.77. The molecule has 14 heavy (non-hydrogen) atoms. The van der Waals surface area contributed by atoms with E-state index in [2.05, 4.69) is 10.1 Å². The van der Waals surface area contributed by atoms with Crippen molar-refractivity contribution in [2.75, 3.05) is 5.75 Å². The highest BCUT2D eigenvalue weighted by Crippen LogP contribution is 2.37. The molecule has 1 aliphatic rings. The number of carboxylic acid groups (broad SMARTS) is 1. The fourth-order valence-corrected chi connectivity index (χ4v) is 2.62. The van der Waals surface area contributed by atoms with Crippen LogP contribution < -0.4 is 0 Å². The molecule has 0 spiro atoms. The lowest BCUT2D eigenvalue weighted by Crippen LogP contribution is -2.03. The van der Waals surface area contributed by atoms with Crippen LogP contribution in [-0.2, 0) is 0 Å². The summed E-state index contributed by atoms with van der Waals surface area (Å²) >= 11 is 1.75. The number of carbonyl (C=O) groups is 1. The van der Waals surface area contributed by atoms with Crippen LogP contribution in [-0.4, -0.2) is 27.0 Å². The van der Waals surface area contributed by atoms with Crippen molar-refractivity contribution in [3.05, 3.63) is 11.7 Å². The molecule has 1 aromatic heterocycles. The summed E-state index contributed by atoms with van der Waals surface area (Å²) in [4.78, 5) is 14.3. The molecule has 1 aliphatic heterocycles. The Kier molecular flexibility index (Phi) is 2.72. The predicted molar refractivity (Wildman–Crippen MR) is 50.3 cm³/mol. The van der Waals surface area contributed by atoms with E-state index in [0.717, 1.165) is 18.6 Å². The molecule has 1 saturated heterocycles. The molecule has 0 amide bonds. The fraction of sp³-hybridized carbons (Fsp3) is 0.625. The van der Waals surface area contributed by atoms with E-state index in [1.165, 1.54) is 6.42 Å². The lowest BCUT2D eigenvalue weighted by Gasteiger charge is -2.16. The van der Waals surface area contributed by atoms with Gasteiger partial charge in [-0.3, -0.25) is 0 Å². The van der Waals surface area contributed by atoms with E-state index >= 15 is 0 Å². The minimum atomic E-state index is -1.14. The van der Waals surface area contributed by atoms with Crippen molar-refractivity contribution in [1.29, 1.82) is 0 Å². The Morgan fingerprint density at radius 2 is 2.43 bits per heavy atom. The highest BCUT2D eigenvalue weighted by atomic mass is 32.2. The second-order valence-electron chi connectivity index (χ2n) is 3.12. The summed E-state index contributed by atoms with van der Waals surface area (Å²) in [7, 11) is 0. The van der Waals surface area contributed by atoms with Crippen molar-refractivity contribution in [2.24, 2.45) is 0 Å². The second kappa shape index (κ2) is 4.00. The molecule has 2 rings (SSSR count). The fourth-order valence-electron chi connectivity index (χ4n) is 1.39. The maximum atomic E-state index is 10.5. The van der Waals surface area contributed by atoms with Crippen molar-refractivity contribution >= 4 is 17.7 Å². The van der Waals surface area contributed by atoms with Gasteiger partial charge in [0.2, 0.25) is 5.89 Å². The number of aromatic nitrogens is 2. The lowest BCUT2D eigenvalue weighted by atomic mass is 10.2. The number of hydrogen-bond donors (Lipinski definition) is 1. The van der Waals surface area contributed by atoms with Crippen LogP contribution in [0.3, 0.4) is 0 Å². The molecule has 1 N–H and O–H groups in total. The summed E-state index contributed by atoms with van der Waals surface area (Å²) in [6.07, 6.45) is 3.34. The highest BCUT2D eigenvalue weighted by molar-refractivity contribution is 7.99. The summed E-state index contributed by atoms with van der Waals surface area (Å²) in [5, 5.41) is 12.2. The van der Waals surface area contributed by atoms with Crippen molar-refractivity contribution < 1.29 is 14.4 Å². The third kappa shape index (κ3) is 1.89. The van der Waals surface area contributed by atoms with Crippen LogP contribution in [0.1, 0.15) is 41.0 Å². The van der Waals surface area contributed by atoms with E-state index in [4.69, 9.17) is 9.63 Å². The van der Waals surface area contributed by atoms with Crippen molar-refractivity contribution in [3.8, 4) is 0 Å². The first-order valence-corrected chi connectivity index (χ1v) is 5.51. The van der Waals surface area contributed by atoms with E-state index < -0.39 is 5.97 Å². The standard InChI is InChI=1S/C8H10N2O3S/c11-8(12)6-9-7(13-10-6)5-3-1-2-4-14-5/h5H,1-4H2,(H,11,12). The number of hydrogen-bond acceptors (Lipinski definition) is 5. The Morgan fingerprint density at radius 1 is 1.57 bits per heavy atom. The molecule has 1 unspecified atom stereocenters. The predicted octanol–water partition coefficient (Wildman–Crippen LogP) is 1.73. The second-order valence-corrected chi connectivity index (χ2v) is 4.43. The van der Waals surface area contributed by atoms with Crippen molar-refractivity contribution in [1.82, 2.24) is 10.1 Å². The van der Waals surface area contributed by atoms with Crippen LogP contribution in [0.4, 0.5) is 0 Å². The summed E-state index contributed by atoms with van der Waals surface area (Å²) in [6.45, 7) is 0. The van der Waals surface area contributed by atoms with Crippen LogP contribution >= 0.6 is 11.8 Å². The van der Waals surface area contributed by atoms with E-state index in [9.17, 15) is 4.79 Å². The maximum Gasteiger partial charge on any atom is 0.377 e. The van der Waals surface area contributed by atoms with Gasteiger partial charge >= 0.3 is 5.97 Å². The zero-order chi connectivity index (χ0) is 9.97. The topological polar surface area (TPSA) is 76.2 Å². The SMILES string of the molecule is O=C(O)c1noc(C2CCCCS2)n1. The van der Waals surface area contributed by atoms with Crippen LogP contribution in [0, 0.1) is 0 Å². The van der Waals surface area contributed by atoms with E-state index in [1.54, 1.807) is 11.8 Å². The number of nitrogens with zero attached hydrogens (tertiary/aromatic N) is 2. The number of rotatable bonds is 2. The highest BCUT2D eigenvalue weighted by Gasteiger charge is 2.23. The molecule has 0 aliphatic carbocycles. The minimum Gasteiger partial charge on any atom is -0.475 e. The van der Waals surface area contributed by atoms with Gasteiger partial charge in [0.1, 0.15) is 0 Å². The van der Waals surface area contributed by atoms with Gasteiger partial charge in [-0.05, 0) is 23.8 Å². The van der Waals surface area contributed by atoms with Gasteiger partial charge in [-0.15, -0.1) is 11.8 Å².